The first-order chi connectivity index (χ1) is 24.8. The summed E-state index contributed by atoms with van der Waals surface area (Å²) in [5, 5.41) is 19.4. The van der Waals surface area contributed by atoms with E-state index in [2.05, 4.69) is 27.2 Å². The van der Waals surface area contributed by atoms with Gasteiger partial charge in [0.05, 0.1) is 61.1 Å². The molecular formula is C39H41ClN6O5. The number of amides is 1. The van der Waals surface area contributed by atoms with Gasteiger partial charge < -0.3 is 24.6 Å². The molecule has 12 heteroatoms. The lowest BCUT2D eigenvalue weighted by Gasteiger charge is -2.47. The smallest absolute Gasteiger partial charge is 0.220 e. The van der Waals surface area contributed by atoms with Crippen LogP contribution in [-0.2, 0) is 17.9 Å². The van der Waals surface area contributed by atoms with E-state index < -0.39 is 0 Å². The van der Waals surface area contributed by atoms with Crippen molar-refractivity contribution >= 4 is 28.4 Å². The molecular weight excluding hydrogens is 668 g/mol. The van der Waals surface area contributed by atoms with Crippen LogP contribution in [-0.4, -0.2) is 95.7 Å². The third kappa shape index (κ3) is 6.18. The predicted octanol–water partition coefficient (Wildman–Crippen LogP) is 5.32. The maximum absolute atomic E-state index is 11.8. The van der Waals surface area contributed by atoms with Gasteiger partial charge in [-0.2, -0.15) is 5.10 Å². The second-order valence-electron chi connectivity index (χ2n) is 13.9. The van der Waals surface area contributed by atoms with Crippen LogP contribution in [0.25, 0.3) is 39.0 Å². The zero-order valence-corrected chi connectivity index (χ0v) is 29.7. The minimum Gasteiger partial charge on any atom is -0.496 e. The van der Waals surface area contributed by atoms with Gasteiger partial charge in [0.2, 0.25) is 11.8 Å². The van der Waals surface area contributed by atoms with Crippen LogP contribution in [0.1, 0.15) is 24.0 Å². The maximum atomic E-state index is 11.8. The van der Waals surface area contributed by atoms with Crippen molar-refractivity contribution in [3.8, 4) is 45.5 Å². The van der Waals surface area contributed by atoms with Gasteiger partial charge in [-0.15, -0.1) is 0 Å². The number of aliphatic hydroxyl groups excluding tert-OH is 1. The molecule has 0 aliphatic carbocycles. The number of pyridine rings is 1. The number of carbonyl (C=O) groups is 1. The van der Waals surface area contributed by atoms with Crippen LogP contribution in [0.2, 0.25) is 5.02 Å². The Labute approximate surface area is 301 Å². The van der Waals surface area contributed by atoms with Crippen molar-refractivity contribution in [2.24, 2.45) is 5.41 Å². The van der Waals surface area contributed by atoms with E-state index in [9.17, 15) is 9.90 Å². The van der Waals surface area contributed by atoms with Gasteiger partial charge in [-0.05, 0) is 24.1 Å². The predicted molar refractivity (Wildman–Crippen MR) is 196 cm³/mol. The van der Waals surface area contributed by atoms with E-state index in [1.54, 1.807) is 21.3 Å². The Morgan fingerprint density at radius 1 is 0.941 bits per heavy atom. The Morgan fingerprint density at radius 3 is 2.37 bits per heavy atom. The summed E-state index contributed by atoms with van der Waals surface area (Å²) in [5.74, 6) is 2.11. The molecule has 0 bridgehead atoms. The number of nitrogens with one attached hydrogen (secondary N) is 1. The first kappa shape index (κ1) is 33.5. The average molecular weight is 709 g/mol. The highest BCUT2D eigenvalue weighted by atomic mass is 35.5. The highest BCUT2D eigenvalue weighted by Gasteiger charge is 2.48. The van der Waals surface area contributed by atoms with Crippen LogP contribution in [0, 0.1) is 5.41 Å². The van der Waals surface area contributed by atoms with Crippen molar-refractivity contribution in [1.82, 2.24) is 29.9 Å². The largest absolute Gasteiger partial charge is 0.496 e. The number of benzene rings is 3. The third-order valence-corrected chi connectivity index (χ3v) is 10.9. The van der Waals surface area contributed by atoms with E-state index >= 15 is 0 Å². The van der Waals surface area contributed by atoms with Crippen molar-refractivity contribution in [2.75, 3.05) is 54.1 Å². The summed E-state index contributed by atoms with van der Waals surface area (Å²) in [7, 11) is 4.96. The average Bonchev–Trinajstić information content (AvgIpc) is 3.86. The molecule has 1 amide bonds. The summed E-state index contributed by atoms with van der Waals surface area (Å²) in [6.07, 6.45) is 2.92. The van der Waals surface area contributed by atoms with Gasteiger partial charge >= 0.3 is 0 Å². The summed E-state index contributed by atoms with van der Waals surface area (Å²) >= 11 is 7.21. The number of fused-ring (bicyclic) bond motifs is 1. The molecule has 3 fully saturated rings. The van der Waals surface area contributed by atoms with Gasteiger partial charge in [-0.1, -0.05) is 48.0 Å². The Balaban J connectivity index is 1.08. The number of aromatic nitrogens is 3. The quantitative estimate of drug-likeness (QED) is 0.199. The zero-order chi connectivity index (χ0) is 35.3. The molecule has 3 aliphatic rings. The fourth-order valence-corrected chi connectivity index (χ4v) is 8.33. The molecule has 51 heavy (non-hydrogen) atoms. The van der Waals surface area contributed by atoms with Crippen molar-refractivity contribution < 1.29 is 24.1 Å². The van der Waals surface area contributed by atoms with Gasteiger partial charge in [0.25, 0.3) is 0 Å². The fourth-order valence-electron chi connectivity index (χ4n) is 8.00. The number of aliphatic hydroxyl groups is 1. The summed E-state index contributed by atoms with van der Waals surface area (Å²) in [5.41, 5.74) is 7.04. The second kappa shape index (κ2) is 13.5. The lowest BCUT2D eigenvalue weighted by molar-refractivity contribution is -0.120. The van der Waals surface area contributed by atoms with E-state index in [4.69, 9.17) is 35.9 Å². The number of β-amino-alcohol motifs (C(OH)–C–C–N with tert-alkyl or cyclic N) is 1. The second-order valence-corrected chi connectivity index (χ2v) is 14.3. The number of rotatable bonds is 10. The summed E-state index contributed by atoms with van der Waals surface area (Å²) < 4.78 is 19.4. The molecule has 264 valence electrons. The molecule has 5 aromatic rings. The molecule has 0 saturated carbocycles. The maximum Gasteiger partial charge on any atom is 0.220 e. The van der Waals surface area contributed by atoms with Crippen LogP contribution < -0.4 is 19.5 Å². The number of halogens is 1. The molecule has 3 aliphatic heterocycles. The van der Waals surface area contributed by atoms with Gasteiger partial charge in [0.15, 0.2) is 0 Å². The Kier molecular flexibility index (Phi) is 8.83. The van der Waals surface area contributed by atoms with Crippen LogP contribution in [0.3, 0.4) is 0 Å². The van der Waals surface area contributed by atoms with E-state index in [-0.39, 0.29) is 17.4 Å². The van der Waals surface area contributed by atoms with Gasteiger partial charge in [0.1, 0.15) is 11.5 Å². The molecule has 3 aromatic carbocycles. The van der Waals surface area contributed by atoms with E-state index in [1.807, 2.05) is 59.4 Å². The highest BCUT2D eigenvalue weighted by molar-refractivity contribution is 6.36. The number of nitrogens with zero attached hydrogens (tertiary/aromatic N) is 5. The number of ether oxygens (including phenoxy) is 3. The Hall–Kier alpha value is -4.68. The minimum atomic E-state index is -0.307. The zero-order valence-electron chi connectivity index (χ0n) is 29.0. The van der Waals surface area contributed by atoms with E-state index in [0.717, 1.165) is 82.7 Å². The standard InChI is InChI=1S/C39H41ClN6O5/c1-49-34-14-25(15-35(50-2)31(34)20-44-13-12-26(47)19-44)46-33-9-5-6-27(30(33)17-42-46)28-7-4-8-29(37(28)40)32-11-10-24(38(43-32)51-3)18-45-22-39(23-45)16-36(48)41-21-39/h4-11,14-15,17,26,47H,12-13,16,18-23H2,1-3H3,(H,41,48)/t26-/m1/s1. The molecule has 1 spiro atoms. The van der Waals surface area contributed by atoms with Crippen molar-refractivity contribution in [3.63, 3.8) is 0 Å². The van der Waals surface area contributed by atoms with Gasteiger partial charge in [-0.25, -0.2) is 9.67 Å². The van der Waals surface area contributed by atoms with Crippen LogP contribution in [0.15, 0.2) is 66.9 Å². The summed E-state index contributed by atoms with van der Waals surface area (Å²) in [4.78, 5) is 21.2. The number of hydrogen-bond donors (Lipinski definition) is 2. The molecule has 0 radical (unpaired) electrons. The van der Waals surface area contributed by atoms with Crippen LogP contribution in [0.4, 0.5) is 0 Å². The molecule has 1 atom stereocenters. The monoisotopic (exact) mass is 708 g/mol. The number of carbonyl (C=O) groups excluding carboxylic acids is 1. The van der Waals surface area contributed by atoms with Crippen molar-refractivity contribution in [3.05, 3.63) is 83.0 Å². The lowest BCUT2D eigenvalue weighted by Crippen LogP contribution is -2.56. The molecule has 11 nitrogen and oxygen atoms in total. The van der Waals surface area contributed by atoms with Crippen molar-refractivity contribution in [1.29, 1.82) is 0 Å². The molecule has 0 unspecified atom stereocenters. The molecule has 2 aromatic heterocycles. The van der Waals surface area contributed by atoms with E-state index in [0.29, 0.717) is 48.5 Å². The van der Waals surface area contributed by atoms with Crippen LogP contribution >= 0.6 is 11.6 Å². The minimum absolute atomic E-state index is 0.0639. The Morgan fingerprint density at radius 2 is 1.69 bits per heavy atom. The van der Waals surface area contributed by atoms with Gasteiger partial charge in [0, 0.05) is 91.9 Å². The topological polar surface area (TPSA) is 114 Å². The summed E-state index contributed by atoms with van der Waals surface area (Å²) in [6, 6.07) is 20.1. The molecule has 5 heterocycles. The van der Waals surface area contributed by atoms with Crippen molar-refractivity contribution in [2.45, 2.75) is 32.0 Å². The lowest BCUT2D eigenvalue weighted by atomic mass is 9.79. The molecule has 8 rings (SSSR count). The number of methoxy groups -OCH3 is 3. The van der Waals surface area contributed by atoms with E-state index in [1.165, 1.54) is 0 Å². The molecule has 2 N–H and O–H groups in total. The number of likely N-dealkylation sites (tertiary alicyclic amines) is 2. The van der Waals surface area contributed by atoms with Crippen LogP contribution in [0.5, 0.6) is 17.4 Å². The normalized spacial score (nSPS) is 18.7. The first-order valence-electron chi connectivity index (χ1n) is 17.2. The fraction of sp³-hybridized carbons (Fsp3) is 0.359. The molecule has 3 saturated heterocycles. The first-order valence-corrected chi connectivity index (χ1v) is 17.6. The summed E-state index contributed by atoms with van der Waals surface area (Å²) in [6.45, 7) is 5.28. The Bertz CT molecular complexity index is 2100. The van der Waals surface area contributed by atoms with Gasteiger partial charge in [-0.3, -0.25) is 14.6 Å². The third-order valence-electron chi connectivity index (χ3n) is 10.5. The SMILES string of the molecule is COc1cc(-n2ncc3c(-c4cccc(-c5ccc(CN6CC7(CNC(=O)C7)C6)c(OC)n5)c4Cl)cccc32)cc(OC)c1CN1CC[C@@H](O)C1. The highest BCUT2D eigenvalue weighted by Crippen LogP contribution is 2.42. The number of hydrogen-bond acceptors (Lipinski definition) is 9.